The molecule has 0 amide bonds. The van der Waals surface area contributed by atoms with Crippen LogP contribution in [-0.2, 0) is 4.74 Å². The molecule has 0 aromatic heterocycles. The molecule has 1 fully saturated rings. The highest BCUT2D eigenvalue weighted by Gasteiger charge is 2.16. The molecule has 1 aliphatic heterocycles. The van der Waals surface area contributed by atoms with E-state index < -0.39 is 0 Å². The Balaban J connectivity index is 2.33. The van der Waals surface area contributed by atoms with Gasteiger partial charge >= 0.3 is 0 Å². The van der Waals surface area contributed by atoms with E-state index in [2.05, 4.69) is 19.7 Å². The Bertz CT molecular complexity index is 60.7. The molecule has 1 atom stereocenters. The van der Waals surface area contributed by atoms with Crippen molar-refractivity contribution in [3.05, 3.63) is 0 Å². The fourth-order valence-electron chi connectivity index (χ4n) is 0.530. The predicted molar refractivity (Wildman–Crippen MR) is 31.1 cm³/mol. The van der Waals surface area contributed by atoms with Crippen LogP contribution in [0.3, 0.4) is 0 Å². The molecule has 0 aromatic rings. The smallest absolute Gasteiger partial charge is 0.108 e. The number of nitrogens with zero attached hydrogens (tertiary/aromatic N) is 1. The van der Waals surface area contributed by atoms with Crippen molar-refractivity contribution in [2.45, 2.75) is 13.0 Å². The molecule has 1 unspecified atom stereocenters. The summed E-state index contributed by atoms with van der Waals surface area (Å²) in [6, 6.07) is 0.489. The molecule has 42 valence electrons. The molecule has 0 N–H and O–H groups in total. The van der Waals surface area contributed by atoms with Crippen molar-refractivity contribution in [1.82, 2.24) is 4.31 Å². The Morgan fingerprint density at radius 1 is 1.86 bits per heavy atom. The highest BCUT2D eigenvalue weighted by molar-refractivity contribution is 7.77. The molecule has 2 nitrogen and oxygen atoms in total. The van der Waals surface area contributed by atoms with Crippen LogP contribution >= 0.6 is 12.8 Å². The lowest BCUT2D eigenvalue weighted by molar-refractivity contribution is 0.175. The van der Waals surface area contributed by atoms with Crippen molar-refractivity contribution in [1.29, 1.82) is 0 Å². The number of hydrogen-bond acceptors (Lipinski definition) is 3. The Labute approximate surface area is 49.0 Å². The van der Waals surface area contributed by atoms with E-state index in [1.807, 2.05) is 4.31 Å². The molecule has 0 aliphatic carbocycles. The van der Waals surface area contributed by atoms with E-state index in [1.165, 1.54) is 0 Å². The van der Waals surface area contributed by atoms with Gasteiger partial charge in [-0.25, -0.2) is 4.31 Å². The normalized spacial score (nSPS) is 34.3. The van der Waals surface area contributed by atoms with Gasteiger partial charge < -0.3 is 4.74 Å². The van der Waals surface area contributed by atoms with Crippen LogP contribution in [-0.4, -0.2) is 23.7 Å². The fourth-order valence-corrected chi connectivity index (χ4v) is 0.678. The van der Waals surface area contributed by atoms with Gasteiger partial charge in [-0.05, 0) is 6.92 Å². The minimum Gasteiger partial charge on any atom is -0.364 e. The maximum atomic E-state index is 5.02. The van der Waals surface area contributed by atoms with Gasteiger partial charge in [-0.1, -0.05) is 12.8 Å². The van der Waals surface area contributed by atoms with E-state index in [0.29, 0.717) is 12.8 Å². The van der Waals surface area contributed by atoms with Crippen LogP contribution in [0, 0.1) is 0 Å². The lowest BCUT2D eigenvalue weighted by atomic mass is 10.4. The average molecular weight is 119 g/mol. The van der Waals surface area contributed by atoms with Crippen molar-refractivity contribution in [2.75, 3.05) is 13.3 Å². The van der Waals surface area contributed by atoms with Gasteiger partial charge in [0.1, 0.15) is 6.73 Å². The van der Waals surface area contributed by atoms with Crippen LogP contribution in [0.2, 0.25) is 0 Å². The second kappa shape index (κ2) is 2.03. The molecule has 7 heavy (non-hydrogen) atoms. The molecule has 0 aromatic carbocycles. The zero-order chi connectivity index (χ0) is 5.28. The van der Waals surface area contributed by atoms with Gasteiger partial charge in [-0.2, -0.15) is 0 Å². The molecular formula is C4H9NOS. The summed E-state index contributed by atoms with van der Waals surface area (Å²) in [5, 5.41) is 0. The average Bonchev–Trinajstić information content (AvgIpc) is 1.91. The number of thiol groups is 1. The largest absolute Gasteiger partial charge is 0.364 e. The maximum absolute atomic E-state index is 5.02. The summed E-state index contributed by atoms with van der Waals surface area (Å²) >= 11 is 4.10. The fraction of sp³-hybridized carbons (Fsp3) is 1.00. The highest BCUT2D eigenvalue weighted by atomic mass is 32.1. The number of ether oxygens (including phenoxy) is 1. The lowest BCUT2D eigenvalue weighted by Gasteiger charge is -2.07. The quantitative estimate of drug-likeness (QED) is 0.466. The summed E-state index contributed by atoms with van der Waals surface area (Å²) in [6.45, 7) is 3.58. The monoisotopic (exact) mass is 119 g/mol. The Kier molecular flexibility index (Phi) is 1.57. The minimum absolute atomic E-state index is 0.489. The van der Waals surface area contributed by atoms with E-state index in [9.17, 15) is 0 Å². The molecule has 0 spiro atoms. The van der Waals surface area contributed by atoms with Crippen molar-refractivity contribution in [3.63, 3.8) is 0 Å². The van der Waals surface area contributed by atoms with Crippen LogP contribution in [0.4, 0.5) is 0 Å². The summed E-state index contributed by atoms with van der Waals surface area (Å²) in [5.41, 5.74) is 0. The van der Waals surface area contributed by atoms with Gasteiger partial charge in [0.05, 0.1) is 6.61 Å². The van der Waals surface area contributed by atoms with Crippen LogP contribution in [0.25, 0.3) is 0 Å². The number of hydrogen-bond donors (Lipinski definition) is 1. The summed E-state index contributed by atoms with van der Waals surface area (Å²) in [7, 11) is 0. The van der Waals surface area contributed by atoms with Crippen LogP contribution < -0.4 is 0 Å². The van der Waals surface area contributed by atoms with E-state index in [4.69, 9.17) is 4.74 Å². The predicted octanol–water partition coefficient (Wildman–Crippen LogP) is 0.509. The first kappa shape index (κ1) is 5.41. The van der Waals surface area contributed by atoms with Crippen molar-refractivity contribution < 1.29 is 4.74 Å². The Hall–Kier alpha value is 0.270. The molecule has 1 rings (SSSR count). The maximum Gasteiger partial charge on any atom is 0.108 e. The van der Waals surface area contributed by atoms with Crippen molar-refractivity contribution >= 4 is 12.8 Å². The topological polar surface area (TPSA) is 12.5 Å². The third kappa shape index (κ3) is 1.08. The second-order valence-corrected chi connectivity index (χ2v) is 2.30. The molecule has 3 heteroatoms. The van der Waals surface area contributed by atoms with Crippen LogP contribution in [0.1, 0.15) is 6.92 Å². The molecule has 1 saturated heterocycles. The third-order valence-electron chi connectivity index (χ3n) is 1.09. The molecule has 0 saturated carbocycles. The van der Waals surface area contributed by atoms with Gasteiger partial charge in [0.2, 0.25) is 0 Å². The lowest BCUT2D eigenvalue weighted by Crippen LogP contribution is -2.16. The zero-order valence-electron chi connectivity index (χ0n) is 4.29. The standard InChI is InChI=1S/C4H9NOS/c1-4-2-6-3-5(4)7/h4,7H,2-3H2,1H3. The molecule has 1 aliphatic rings. The second-order valence-electron chi connectivity index (χ2n) is 1.79. The molecule has 0 bridgehead atoms. The summed E-state index contributed by atoms with van der Waals surface area (Å²) in [6.07, 6.45) is 0. The van der Waals surface area contributed by atoms with E-state index in [-0.39, 0.29) is 0 Å². The van der Waals surface area contributed by atoms with E-state index in [0.717, 1.165) is 6.61 Å². The van der Waals surface area contributed by atoms with Crippen LogP contribution in [0.15, 0.2) is 0 Å². The van der Waals surface area contributed by atoms with Gasteiger partial charge in [0.25, 0.3) is 0 Å². The Morgan fingerprint density at radius 3 is 2.71 bits per heavy atom. The van der Waals surface area contributed by atoms with Gasteiger partial charge in [0, 0.05) is 6.04 Å². The SMILES string of the molecule is CC1COCN1S. The van der Waals surface area contributed by atoms with Crippen molar-refractivity contribution in [3.8, 4) is 0 Å². The first-order valence-electron chi connectivity index (χ1n) is 2.34. The third-order valence-corrected chi connectivity index (χ3v) is 1.60. The highest BCUT2D eigenvalue weighted by Crippen LogP contribution is 2.09. The summed E-state index contributed by atoms with van der Waals surface area (Å²) in [5.74, 6) is 0. The van der Waals surface area contributed by atoms with Gasteiger partial charge in [0.15, 0.2) is 0 Å². The first-order valence-corrected chi connectivity index (χ1v) is 2.74. The minimum atomic E-state index is 0.489. The van der Waals surface area contributed by atoms with Gasteiger partial charge in [-0.15, -0.1) is 0 Å². The summed E-state index contributed by atoms with van der Waals surface area (Å²) < 4.78 is 6.89. The molecule has 1 heterocycles. The number of rotatable bonds is 0. The Morgan fingerprint density at radius 2 is 2.57 bits per heavy atom. The zero-order valence-corrected chi connectivity index (χ0v) is 5.19. The van der Waals surface area contributed by atoms with E-state index in [1.54, 1.807) is 0 Å². The van der Waals surface area contributed by atoms with Crippen LogP contribution in [0.5, 0.6) is 0 Å². The molecule has 0 radical (unpaired) electrons. The summed E-state index contributed by atoms with van der Waals surface area (Å²) in [4.78, 5) is 0. The van der Waals surface area contributed by atoms with Crippen molar-refractivity contribution in [2.24, 2.45) is 0 Å². The first-order chi connectivity index (χ1) is 3.30. The van der Waals surface area contributed by atoms with E-state index >= 15 is 0 Å². The molecular weight excluding hydrogens is 110 g/mol. The van der Waals surface area contributed by atoms with Gasteiger partial charge in [-0.3, -0.25) is 0 Å².